The predicted molar refractivity (Wildman–Crippen MR) is 133 cm³/mol. The van der Waals surface area contributed by atoms with Crippen LogP contribution in [0.2, 0.25) is 0 Å². The van der Waals surface area contributed by atoms with Crippen molar-refractivity contribution in [2.24, 2.45) is 0 Å². The summed E-state index contributed by atoms with van der Waals surface area (Å²) in [6.07, 6.45) is 2.13. The zero-order valence-corrected chi connectivity index (χ0v) is 20.5. The molecule has 0 heterocycles. The Balaban J connectivity index is 1.89. The van der Waals surface area contributed by atoms with Gasteiger partial charge in [-0.15, -0.1) is 11.8 Å². The molecule has 2 N–H and O–H groups in total. The molecule has 1 atom stereocenters. The zero-order chi connectivity index (χ0) is 23.8. The van der Waals surface area contributed by atoms with Crippen molar-refractivity contribution in [2.45, 2.75) is 36.1 Å². The number of anilines is 1. The quantitative estimate of drug-likeness (QED) is 0.410. The van der Waals surface area contributed by atoms with Crippen LogP contribution in [0.15, 0.2) is 82.6 Å². The normalized spacial score (nSPS) is 12.2. The highest BCUT2D eigenvalue weighted by atomic mass is 32.2. The Morgan fingerprint density at radius 1 is 1.03 bits per heavy atom. The first kappa shape index (κ1) is 24.8. The monoisotopic (exact) mass is 484 g/mol. The molecule has 0 saturated heterocycles. The summed E-state index contributed by atoms with van der Waals surface area (Å²) in [5.41, 5.74) is 2.20. The molecule has 33 heavy (non-hydrogen) atoms. The van der Waals surface area contributed by atoms with Gasteiger partial charge in [-0.2, -0.15) is 4.72 Å². The summed E-state index contributed by atoms with van der Waals surface area (Å²) in [4.78, 5) is 14.2. The third-order valence-corrected chi connectivity index (χ3v) is 7.28. The van der Waals surface area contributed by atoms with Gasteiger partial charge in [-0.1, -0.05) is 42.5 Å². The molecule has 3 aromatic rings. The highest BCUT2D eigenvalue weighted by Crippen LogP contribution is 2.25. The molecule has 0 aliphatic carbocycles. The molecule has 3 rings (SSSR count). The number of ether oxygens (including phenoxy) is 1. The molecule has 8 heteroatoms. The van der Waals surface area contributed by atoms with E-state index < -0.39 is 22.0 Å². The Labute approximate surface area is 199 Å². The number of thioether (sulfide) groups is 1. The lowest BCUT2D eigenvalue weighted by Crippen LogP contribution is -2.45. The number of hydrogen-bond donors (Lipinski definition) is 2. The number of amides is 1. The van der Waals surface area contributed by atoms with Gasteiger partial charge in [-0.3, -0.25) is 4.79 Å². The third-order valence-electron chi connectivity index (χ3n) is 5.02. The van der Waals surface area contributed by atoms with E-state index in [1.54, 1.807) is 25.1 Å². The maximum atomic E-state index is 13.2. The molecule has 0 aliphatic rings. The third kappa shape index (κ3) is 6.60. The van der Waals surface area contributed by atoms with E-state index in [9.17, 15) is 13.2 Å². The number of benzene rings is 3. The van der Waals surface area contributed by atoms with Crippen LogP contribution in [0, 0.1) is 6.92 Å². The lowest BCUT2D eigenvalue weighted by atomic mass is 10.1. The van der Waals surface area contributed by atoms with Crippen molar-refractivity contribution < 1.29 is 17.9 Å². The second-order valence-corrected chi connectivity index (χ2v) is 9.98. The van der Waals surface area contributed by atoms with Gasteiger partial charge in [0.05, 0.1) is 17.2 Å². The largest absolute Gasteiger partial charge is 0.494 e. The van der Waals surface area contributed by atoms with E-state index in [2.05, 4.69) is 10.0 Å². The van der Waals surface area contributed by atoms with Crippen molar-refractivity contribution in [1.29, 1.82) is 0 Å². The minimum absolute atomic E-state index is 0.0822. The Morgan fingerprint density at radius 2 is 1.73 bits per heavy atom. The standard InChI is InChI=1S/C25H28N2O4S2/c1-4-31-23-15-14-20(16-18(23)2)33(29,30)27-22(17-19-10-6-5-7-11-19)25(28)26-21-12-8-9-13-24(21)32-3/h5-16,22,27H,4,17H2,1-3H3,(H,26,28)/t22-/m0/s1. The topological polar surface area (TPSA) is 84.5 Å². The van der Waals surface area contributed by atoms with Crippen LogP contribution in [0.25, 0.3) is 0 Å². The van der Waals surface area contributed by atoms with E-state index in [4.69, 9.17) is 4.74 Å². The fourth-order valence-corrected chi connectivity index (χ4v) is 5.20. The number of nitrogens with one attached hydrogen (secondary N) is 2. The van der Waals surface area contributed by atoms with Gasteiger partial charge in [-0.05, 0) is 68.0 Å². The Kier molecular flexibility index (Phi) is 8.55. The molecule has 0 bridgehead atoms. The molecule has 0 spiro atoms. The Morgan fingerprint density at radius 3 is 2.39 bits per heavy atom. The summed E-state index contributed by atoms with van der Waals surface area (Å²) in [5.74, 6) is 0.204. The van der Waals surface area contributed by atoms with Crippen LogP contribution < -0.4 is 14.8 Å². The fraction of sp³-hybridized carbons (Fsp3) is 0.240. The summed E-state index contributed by atoms with van der Waals surface area (Å²) in [6.45, 7) is 4.15. The number of hydrogen-bond acceptors (Lipinski definition) is 5. The second kappa shape index (κ2) is 11.4. The van der Waals surface area contributed by atoms with E-state index >= 15 is 0 Å². The first-order chi connectivity index (χ1) is 15.8. The molecule has 0 unspecified atom stereocenters. The van der Waals surface area contributed by atoms with Crippen molar-refractivity contribution in [2.75, 3.05) is 18.2 Å². The lowest BCUT2D eigenvalue weighted by Gasteiger charge is -2.20. The number of carbonyl (C=O) groups excluding carboxylic acids is 1. The van der Waals surface area contributed by atoms with Gasteiger partial charge < -0.3 is 10.1 Å². The van der Waals surface area contributed by atoms with Crippen LogP contribution in [0.1, 0.15) is 18.1 Å². The van der Waals surface area contributed by atoms with Gasteiger partial charge in [0.1, 0.15) is 11.8 Å². The van der Waals surface area contributed by atoms with Gasteiger partial charge in [0.25, 0.3) is 0 Å². The zero-order valence-electron chi connectivity index (χ0n) is 18.9. The maximum absolute atomic E-state index is 13.2. The van der Waals surface area contributed by atoms with E-state index in [0.717, 1.165) is 10.5 Å². The van der Waals surface area contributed by atoms with Gasteiger partial charge in [0, 0.05) is 4.90 Å². The molecule has 6 nitrogen and oxygen atoms in total. The van der Waals surface area contributed by atoms with Gasteiger partial charge >= 0.3 is 0 Å². The molecule has 1 amide bonds. The highest BCUT2D eigenvalue weighted by molar-refractivity contribution is 7.98. The summed E-state index contributed by atoms with van der Waals surface area (Å²) in [5, 5.41) is 2.89. The van der Waals surface area contributed by atoms with E-state index in [0.29, 0.717) is 23.6 Å². The molecule has 3 aromatic carbocycles. The highest BCUT2D eigenvalue weighted by Gasteiger charge is 2.27. The van der Waals surface area contributed by atoms with Crippen LogP contribution in [-0.2, 0) is 21.2 Å². The van der Waals surface area contributed by atoms with E-state index in [1.807, 2.05) is 61.7 Å². The first-order valence-corrected chi connectivity index (χ1v) is 13.3. The fourth-order valence-electron chi connectivity index (χ4n) is 3.37. The van der Waals surface area contributed by atoms with Crippen LogP contribution >= 0.6 is 11.8 Å². The van der Waals surface area contributed by atoms with Crippen molar-refractivity contribution in [1.82, 2.24) is 4.72 Å². The number of aryl methyl sites for hydroxylation is 1. The van der Waals surface area contributed by atoms with Crippen molar-refractivity contribution in [3.8, 4) is 5.75 Å². The molecular formula is C25H28N2O4S2. The maximum Gasteiger partial charge on any atom is 0.242 e. The van der Waals surface area contributed by atoms with Crippen molar-refractivity contribution in [3.05, 3.63) is 83.9 Å². The summed E-state index contributed by atoms with van der Waals surface area (Å²) in [6, 6.07) is 20.4. The first-order valence-electron chi connectivity index (χ1n) is 10.6. The Bertz CT molecular complexity index is 1200. The average Bonchev–Trinajstić information content (AvgIpc) is 2.81. The van der Waals surface area contributed by atoms with Crippen molar-refractivity contribution in [3.63, 3.8) is 0 Å². The SMILES string of the molecule is CCOc1ccc(S(=O)(=O)N[C@@H](Cc2ccccc2)C(=O)Nc2ccccc2SC)cc1C. The minimum atomic E-state index is -3.96. The predicted octanol–water partition coefficient (Wildman–Crippen LogP) is 4.64. The number of rotatable bonds is 10. The van der Waals surface area contributed by atoms with Crippen LogP contribution in [0.5, 0.6) is 5.75 Å². The number of sulfonamides is 1. The number of carbonyl (C=O) groups is 1. The average molecular weight is 485 g/mol. The lowest BCUT2D eigenvalue weighted by molar-refractivity contribution is -0.117. The molecule has 0 aliphatic heterocycles. The smallest absolute Gasteiger partial charge is 0.242 e. The summed E-state index contributed by atoms with van der Waals surface area (Å²) in [7, 11) is -3.96. The second-order valence-electron chi connectivity index (χ2n) is 7.41. The summed E-state index contributed by atoms with van der Waals surface area (Å²) >= 11 is 1.50. The molecule has 0 saturated carbocycles. The minimum Gasteiger partial charge on any atom is -0.494 e. The van der Waals surface area contributed by atoms with E-state index in [-0.39, 0.29) is 11.3 Å². The summed E-state index contributed by atoms with van der Waals surface area (Å²) < 4.78 is 34.5. The van der Waals surface area contributed by atoms with E-state index in [1.165, 1.54) is 17.8 Å². The van der Waals surface area contributed by atoms with Gasteiger partial charge in [0.15, 0.2) is 0 Å². The van der Waals surface area contributed by atoms with Gasteiger partial charge in [0.2, 0.25) is 15.9 Å². The molecule has 0 radical (unpaired) electrons. The molecule has 174 valence electrons. The molecule has 0 fully saturated rings. The molecule has 0 aromatic heterocycles. The van der Waals surface area contributed by atoms with Crippen LogP contribution in [0.3, 0.4) is 0 Å². The van der Waals surface area contributed by atoms with Gasteiger partial charge in [-0.25, -0.2) is 8.42 Å². The van der Waals surface area contributed by atoms with Crippen LogP contribution in [0.4, 0.5) is 5.69 Å². The van der Waals surface area contributed by atoms with Crippen molar-refractivity contribution >= 4 is 33.4 Å². The Hall–Kier alpha value is -2.81. The number of para-hydroxylation sites is 1. The molecular weight excluding hydrogens is 456 g/mol. The van der Waals surface area contributed by atoms with Crippen LogP contribution in [-0.4, -0.2) is 33.2 Å².